The zero-order valence-corrected chi connectivity index (χ0v) is 54.8. The van der Waals surface area contributed by atoms with Gasteiger partial charge in [0.05, 0.1) is 33.2 Å². The molecule has 9 aromatic rings. The molecule has 506 valence electrons. The number of rotatable bonds is 12. The van der Waals surface area contributed by atoms with E-state index in [9.17, 15) is 45.5 Å². The highest BCUT2D eigenvalue weighted by molar-refractivity contribution is 9.10. The van der Waals surface area contributed by atoms with E-state index in [-0.39, 0.29) is 70.2 Å². The molecule has 0 saturated heterocycles. The van der Waals surface area contributed by atoms with Crippen molar-refractivity contribution in [2.24, 2.45) is 0 Å². The number of nitrogens with zero attached hydrogens (tertiary/aromatic N) is 5. The van der Waals surface area contributed by atoms with Crippen molar-refractivity contribution in [2.75, 3.05) is 16.0 Å². The third kappa shape index (κ3) is 14.6. The van der Waals surface area contributed by atoms with Crippen LogP contribution in [0.3, 0.4) is 0 Å². The van der Waals surface area contributed by atoms with Crippen LogP contribution in [0.25, 0.3) is 22.5 Å². The van der Waals surface area contributed by atoms with Crippen molar-refractivity contribution in [3.05, 3.63) is 206 Å². The van der Waals surface area contributed by atoms with E-state index in [1.54, 1.807) is 86.0 Å². The number of alkyl halides is 6. The molecule has 0 spiro atoms. The molecule has 6 N–H and O–H groups in total. The Morgan fingerprint density at radius 3 is 1.21 bits per heavy atom. The average molecular weight is 1430 g/mol. The number of carbonyl (C=O) groups excluding carboxylic acids is 3. The number of carbonyl (C=O) groups is 3. The van der Waals surface area contributed by atoms with Crippen LogP contribution < -0.4 is 55.4 Å². The second-order valence-electron chi connectivity index (χ2n) is 23.7. The quantitative estimate of drug-likeness (QED) is 0.0377. The number of pyridine rings is 6. The molecule has 3 aliphatic heterocycles. The molecule has 0 radical (unpaired) electrons. The molecule has 6 aromatic heterocycles. The van der Waals surface area contributed by atoms with E-state index < -0.39 is 42.2 Å². The van der Waals surface area contributed by atoms with E-state index in [1.807, 2.05) is 52.0 Å². The van der Waals surface area contributed by atoms with Gasteiger partial charge in [-0.3, -0.25) is 29.1 Å². The number of aromatic amines is 1. The number of halogens is 8. The van der Waals surface area contributed by atoms with Gasteiger partial charge in [0.25, 0.3) is 5.56 Å². The summed E-state index contributed by atoms with van der Waals surface area (Å²) in [4.78, 5) is 75.3. The van der Waals surface area contributed by atoms with Crippen LogP contribution in [0.15, 0.2) is 155 Å². The molecule has 3 aliphatic carbocycles. The number of amides is 3. The number of H-pyrrole nitrogens is 1. The summed E-state index contributed by atoms with van der Waals surface area (Å²) >= 11 is 3.33. The van der Waals surface area contributed by atoms with Crippen LogP contribution in [-0.2, 0) is 30.6 Å². The van der Waals surface area contributed by atoms with E-state index in [2.05, 4.69) is 90.2 Å². The Bertz CT molecular complexity index is 4680. The number of aromatic nitrogens is 6. The van der Waals surface area contributed by atoms with Crippen LogP contribution >= 0.6 is 28.3 Å². The van der Waals surface area contributed by atoms with Crippen LogP contribution in [0.1, 0.15) is 83.3 Å². The Kier molecular flexibility index (Phi) is 18.9. The molecule has 15 rings (SSSR count). The normalized spacial score (nSPS) is 16.7. The topological polar surface area (TPSA) is 280 Å². The van der Waals surface area contributed by atoms with Crippen molar-refractivity contribution in [1.82, 2.24) is 29.9 Å². The summed E-state index contributed by atoms with van der Waals surface area (Å²) in [6, 6.07) is 34.4. The average Bonchev–Trinajstić information content (AvgIpc) is 1.60. The molecular weight excluding hydrogens is 1370 g/mol. The Labute approximate surface area is 569 Å². The van der Waals surface area contributed by atoms with Crippen LogP contribution in [0.4, 0.5) is 43.8 Å². The lowest BCUT2D eigenvalue weighted by atomic mass is 9.79. The molecule has 3 saturated carbocycles. The minimum Gasteiger partial charge on any atom is -0.423 e. The van der Waals surface area contributed by atoms with Gasteiger partial charge in [-0.15, -0.1) is 38.7 Å². The summed E-state index contributed by atoms with van der Waals surface area (Å²) in [7, 11) is -1.41. The molecule has 21 nitrogen and oxygen atoms in total. The Morgan fingerprint density at radius 1 is 0.480 bits per heavy atom. The molecular formula is C68H58BBrClF6N9O12. The molecule has 0 atom stereocenters. The highest BCUT2D eigenvalue weighted by atomic mass is 79.9. The maximum Gasteiger partial charge on any atom is 0.586 e. The molecule has 9 heterocycles. The summed E-state index contributed by atoms with van der Waals surface area (Å²) in [5.41, 5.74) is 6.28. The predicted octanol–water partition coefficient (Wildman–Crippen LogP) is 12.1. The second kappa shape index (κ2) is 26.7. The number of hydrogen-bond acceptors (Lipinski definition) is 17. The van der Waals surface area contributed by atoms with Gasteiger partial charge in [0.15, 0.2) is 34.5 Å². The minimum absolute atomic E-state index is 0. The monoisotopic (exact) mass is 1430 g/mol. The van der Waals surface area contributed by atoms with Gasteiger partial charge in [-0.2, -0.15) is 0 Å². The van der Waals surface area contributed by atoms with E-state index in [0.29, 0.717) is 99.7 Å². The summed E-state index contributed by atoms with van der Waals surface area (Å²) < 4.78 is 107. The molecule has 3 aromatic carbocycles. The SMILES string of the molecule is Cc1ccc(NC(=O)C2(c3ccc4c(c3)OC(F)(F)O4)CC2)nc1-c1ccc[nH]c1=O.Cc1ccc(NC(=O)C2(c3ccc4c(c3)OC(F)(F)O4)CC2)nc1-c1cccnc1C.Cc1ccc(NC(=O)C2(c3ccc4c(c3)OC(F)(F)O4)CC2)nc1Br.Cc1ncccc1B(O)O.Cl. The van der Waals surface area contributed by atoms with Crippen LogP contribution in [-0.4, -0.2) is 83.7 Å². The molecule has 0 unspecified atom stereocenters. The van der Waals surface area contributed by atoms with Crippen LogP contribution in [0.5, 0.6) is 34.5 Å². The number of anilines is 3. The molecule has 3 fully saturated rings. The highest BCUT2D eigenvalue weighted by Gasteiger charge is 2.56. The number of benzene rings is 3. The van der Waals surface area contributed by atoms with Gasteiger partial charge in [0, 0.05) is 41.0 Å². The van der Waals surface area contributed by atoms with Crippen molar-refractivity contribution >= 4 is 76.1 Å². The first-order chi connectivity index (χ1) is 46.0. The van der Waals surface area contributed by atoms with Gasteiger partial charge < -0.3 is 59.4 Å². The van der Waals surface area contributed by atoms with Crippen LogP contribution in [0.2, 0.25) is 0 Å². The number of nitrogens with one attached hydrogen (secondary N) is 4. The number of ether oxygens (including phenoxy) is 6. The zero-order valence-electron chi connectivity index (χ0n) is 52.4. The van der Waals surface area contributed by atoms with Crippen molar-refractivity contribution < 1.29 is 79.2 Å². The van der Waals surface area contributed by atoms with E-state index >= 15 is 0 Å². The molecule has 6 aliphatic rings. The van der Waals surface area contributed by atoms with E-state index in [4.69, 9.17) is 10.0 Å². The number of fused-ring (bicyclic) bond motifs is 3. The maximum absolute atomic E-state index is 13.3. The van der Waals surface area contributed by atoms with Gasteiger partial charge >= 0.3 is 26.0 Å². The zero-order chi connectivity index (χ0) is 69.0. The van der Waals surface area contributed by atoms with Crippen molar-refractivity contribution in [1.29, 1.82) is 0 Å². The molecule has 30 heteroatoms. The lowest BCUT2D eigenvalue weighted by molar-refractivity contribution is -0.287. The van der Waals surface area contributed by atoms with Gasteiger partial charge in [0.1, 0.15) is 22.1 Å². The fraction of sp³-hybridized carbons (Fsp3) is 0.250. The fourth-order valence-corrected chi connectivity index (χ4v) is 11.5. The Morgan fingerprint density at radius 2 is 0.847 bits per heavy atom. The lowest BCUT2D eigenvalue weighted by Crippen LogP contribution is -2.32. The van der Waals surface area contributed by atoms with Gasteiger partial charge in [-0.05, 0) is 207 Å². The lowest BCUT2D eigenvalue weighted by Gasteiger charge is -2.17. The fourth-order valence-electron chi connectivity index (χ4n) is 11.2. The smallest absolute Gasteiger partial charge is 0.423 e. The standard InChI is InChI=1S/C23H19F2N3O3.C22H17F2N3O4.C17H13BrF2N2O3.C6H8BNO2.ClH/c1-13-5-8-19(27-20(13)16-4-3-11-26-14(16)2)28-21(29)22(9-10-22)15-6-7-17-18(12-15)31-23(24,25)30-17;1-12-4-7-17(26-18(12)14-3-2-10-25-19(14)28)27-20(29)21(8-9-21)13-5-6-15-16(11-13)31-22(23,24)30-15;1-9-2-5-13(21-14(9)18)22-15(23)16(6-7-16)10-3-4-11-12(8-10)25-17(19,20)24-11;1-5-6(7(9)10)3-2-4-8-5;/h3-8,11-12H,9-10H2,1-2H3,(H,27,28,29);2-7,10-11H,8-9H2,1H3,(H,25,28)(H,26,27,29);2-5,8H,6-7H2,1H3,(H,21,22,23);2-4,9-10H,1H3;1H. The van der Waals surface area contributed by atoms with E-state index in [1.165, 1.54) is 42.6 Å². The second-order valence-corrected chi connectivity index (χ2v) is 24.5. The van der Waals surface area contributed by atoms with Crippen molar-refractivity contribution in [3.63, 3.8) is 0 Å². The van der Waals surface area contributed by atoms with Gasteiger partial charge in [0.2, 0.25) is 17.7 Å². The van der Waals surface area contributed by atoms with Crippen molar-refractivity contribution in [2.45, 2.75) is 108 Å². The minimum atomic E-state index is -3.71. The summed E-state index contributed by atoms with van der Waals surface area (Å²) in [6.07, 6.45) is -2.61. The molecule has 3 amide bonds. The summed E-state index contributed by atoms with van der Waals surface area (Å²) in [6.45, 7) is 9.31. The van der Waals surface area contributed by atoms with Gasteiger partial charge in [-0.25, -0.2) is 15.0 Å². The maximum atomic E-state index is 13.3. The largest absolute Gasteiger partial charge is 0.586 e. The highest BCUT2D eigenvalue weighted by Crippen LogP contribution is 2.55. The van der Waals surface area contributed by atoms with E-state index in [0.717, 1.165) is 33.6 Å². The Balaban J connectivity index is 0.000000139. The first-order valence-corrected chi connectivity index (χ1v) is 31.0. The molecule has 98 heavy (non-hydrogen) atoms. The number of hydrogen-bond donors (Lipinski definition) is 6. The first kappa shape index (κ1) is 69.3. The summed E-state index contributed by atoms with van der Waals surface area (Å²) in [5.74, 6) is 0.0364. The molecule has 0 bridgehead atoms. The van der Waals surface area contributed by atoms with Crippen molar-refractivity contribution in [3.8, 4) is 57.0 Å². The van der Waals surface area contributed by atoms with Gasteiger partial charge in [-0.1, -0.05) is 42.5 Å². The number of aryl methyl sites for hydroxylation is 5. The Hall–Kier alpha value is -10.1. The predicted molar refractivity (Wildman–Crippen MR) is 351 cm³/mol. The third-order valence-corrected chi connectivity index (χ3v) is 17.8. The third-order valence-electron chi connectivity index (χ3n) is 17.0. The van der Waals surface area contributed by atoms with Crippen LogP contribution in [0, 0.1) is 34.6 Å². The first-order valence-electron chi connectivity index (χ1n) is 30.2. The summed E-state index contributed by atoms with van der Waals surface area (Å²) in [5, 5.41) is 25.9.